The van der Waals surface area contributed by atoms with Crippen LogP contribution in [0.1, 0.15) is 37.8 Å². The number of hydrogen-bond donors (Lipinski definition) is 0. The molecule has 0 amide bonds. The van der Waals surface area contributed by atoms with Gasteiger partial charge in [0.25, 0.3) is 0 Å². The first kappa shape index (κ1) is 40.5. The summed E-state index contributed by atoms with van der Waals surface area (Å²) in [5, 5.41) is 0. The van der Waals surface area contributed by atoms with Crippen LogP contribution in [0.3, 0.4) is 0 Å². The van der Waals surface area contributed by atoms with Crippen LogP contribution in [0.2, 0.25) is 0 Å². The molecule has 0 saturated carbocycles. The van der Waals surface area contributed by atoms with E-state index in [1.807, 2.05) is 56.6 Å². The summed E-state index contributed by atoms with van der Waals surface area (Å²) in [5.41, 5.74) is 24.0. The zero-order valence-electron chi connectivity index (χ0n) is 35.7. The van der Waals surface area contributed by atoms with Gasteiger partial charge in [0.1, 0.15) is 0 Å². The van der Waals surface area contributed by atoms with E-state index in [0.717, 1.165) is 68.8 Å². The Kier molecular flexibility index (Phi) is 12.4. The molecule has 9 rings (SSSR count). The largest absolute Gasteiger partial charge is 0.261 e. The van der Waals surface area contributed by atoms with E-state index in [-0.39, 0.29) is 0 Å². The molecule has 0 fully saturated rings. The van der Waals surface area contributed by atoms with Gasteiger partial charge in [0, 0.05) is 29.2 Å². The molecule has 1 aliphatic heterocycles. The van der Waals surface area contributed by atoms with Gasteiger partial charge in [0.15, 0.2) is 0 Å². The van der Waals surface area contributed by atoms with Gasteiger partial charge >= 0.3 is 0 Å². The Labute approximate surface area is 372 Å². The zero-order valence-corrected chi connectivity index (χ0v) is 35.7. The van der Waals surface area contributed by atoms with Crippen molar-refractivity contribution < 1.29 is 0 Å². The molecule has 1 aromatic heterocycles. The molecule has 0 atom stereocenters. The van der Waals surface area contributed by atoms with Gasteiger partial charge in [-0.3, -0.25) is 9.98 Å². The molecule has 302 valence electrons. The van der Waals surface area contributed by atoms with E-state index in [1.54, 1.807) is 0 Å². The second-order valence-electron chi connectivity index (χ2n) is 15.6. The molecule has 2 heteroatoms. The third kappa shape index (κ3) is 9.09. The highest BCUT2D eigenvalue weighted by atomic mass is 14.7. The molecule has 0 radical (unpaired) electrons. The number of rotatable bonds is 11. The first-order valence-electron chi connectivity index (χ1n) is 21.8. The number of benzene rings is 7. The quantitative estimate of drug-likeness (QED) is 0.0944. The van der Waals surface area contributed by atoms with Crippen LogP contribution in [0, 0.1) is 0 Å². The predicted octanol–water partition coefficient (Wildman–Crippen LogP) is 16.5. The number of hydrogen-bond acceptors (Lipinski definition) is 2. The smallest absolute Gasteiger partial charge is 0.0701 e. The van der Waals surface area contributed by atoms with Gasteiger partial charge in [0.2, 0.25) is 0 Å². The number of allylic oxidation sites excluding steroid dienone is 6. The number of aromatic nitrogens is 1. The summed E-state index contributed by atoms with van der Waals surface area (Å²) < 4.78 is 0. The molecule has 2 nitrogen and oxygen atoms in total. The van der Waals surface area contributed by atoms with Crippen molar-refractivity contribution in [2.45, 2.75) is 26.7 Å². The molecule has 7 aromatic carbocycles. The maximum atomic E-state index is 4.68. The summed E-state index contributed by atoms with van der Waals surface area (Å²) in [4.78, 5) is 9.27. The molecule has 0 unspecified atom stereocenters. The van der Waals surface area contributed by atoms with Crippen molar-refractivity contribution in [1.82, 2.24) is 4.98 Å². The monoisotopic (exact) mass is 808 g/mol. The lowest BCUT2D eigenvalue weighted by Gasteiger charge is -2.18. The van der Waals surface area contributed by atoms with Crippen molar-refractivity contribution in [1.29, 1.82) is 0 Å². The molecule has 63 heavy (non-hydrogen) atoms. The van der Waals surface area contributed by atoms with Crippen LogP contribution in [0.15, 0.2) is 242 Å². The molecule has 2 heterocycles. The molecular formula is C61H48N2. The molecule has 0 saturated heterocycles. The summed E-state index contributed by atoms with van der Waals surface area (Å²) in [5.74, 6) is 0. The second-order valence-corrected chi connectivity index (χ2v) is 15.6. The lowest BCUT2D eigenvalue weighted by molar-refractivity contribution is 1.06. The van der Waals surface area contributed by atoms with Crippen LogP contribution < -0.4 is 0 Å². The topological polar surface area (TPSA) is 25.2 Å². The minimum Gasteiger partial charge on any atom is -0.261 e. The Morgan fingerprint density at radius 1 is 0.476 bits per heavy atom. The van der Waals surface area contributed by atoms with E-state index >= 15 is 0 Å². The normalized spacial score (nSPS) is 12.3. The van der Waals surface area contributed by atoms with Crippen LogP contribution in [0.4, 0.5) is 0 Å². The highest BCUT2D eigenvalue weighted by molar-refractivity contribution is 6.02. The molecular weight excluding hydrogens is 761 g/mol. The van der Waals surface area contributed by atoms with Crippen molar-refractivity contribution in [3.8, 4) is 78.0 Å². The molecule has 0 bridgehead atoms. The van der Waals surface area contributed by atoms with Crippen molar-refractivity contribution in [3.63, 3.8) is 0 Å². The van der Waals surface area contributed by atoms with E-state index in [4.69, 9.17) is 0 Å². The zero-order chi connectivity index (χ0) is 42.8. The van der Waals surface area contributed by atoms with Crippen LogP contribution in [-0.2, 0) is 0 Å². The molecule has 1 aliphatic rings. The van der Waals surface area contributed by atoms with Gasteiger partial charge in [-0.05, 0) is 147 Å². The van der Waals surface area contributed by atoms with E-state index in [9.17, 15) is 0 Å². The van der Waals surface area contributed by atoms with Crippen molar-refractivity contribution in [3.05, 3.63) is 248 Å². The standard InChI is InChI=1S/C61H48N2/c1-3-5-6-18-44(17-4-2)45-27-29-46(30-28-45)54-19-7-10-22-57(54)51-41-52(58-23-11-8-20-55(58)47-31-35-49(36-32-47)60-25-13-15-39-62-60)43-53(42-51)59-24-12-9-21-56(59)48-33-37-50(38-34-48)61-26-14-16-40-63-61/h3-13,15-16,18-25,27-43H,14,26H2,1-2H3/b5-3-,18-6-. The van der Waals surface area contributed by atoms with Crippen molar-refractivity contribution >= 4 is 11.3 Å². The minimum atomic E-state index is 0.964. The van der Waals surface area contributed by atoms with E-state index in [2.05, 4.69) is 204 Å². The number of nitrogens with zero attached hydrogens (tertiary/aromatic N) is 2. The highest BCUT2D eigenvalue weighted by Gasteiger charge is 2.17. The van der Waals surface area contributed by atoms with Gasteiger partial charge in [-0.15, -0.1) is 5.73 Å². The Bertz CT molecular complexity index is 3060. The third-order valence-electron chi connectivity index (χ3n) is 11.6. The van der Waals surface area contributed by atoms with Crippen LogP contribution in [0.25, 0.3) is 83.6 Å². The van der Waals surface area contributed by atoms with Crippen molar-refractivity contribution in [2.75, 3.05) is 0 Å². The van der Waals surface area contributed by atoms with Crippen LogP contribution in [-0.4, -0.2) is 10.7 Å². The number of aliphatic imine (C=N–C) groups is 1. The van der Waals surface area contributed by atoms with Gasteiger partial charge < -0.3 is 0 Å². The lowest BCUT2D eigenvalue weighted by atomic mass is 9.86. The molecule has 0 N–H and O–H groups in total. The minimum absolute atomic E-state index is 0.964. The maximum absolute atomic E-state index is 4.68. The average molecular weight is 809 g/mol. The summed E-state index contributed by atoms with van der Waals surface area (Å²) >= 11 is 0. The SMILES string of the molecule is CC=C=C(/C=C\C=C/C)c1ccc(-c2ccccc2-c2cc(-c3ccccc3-c3ccc(C4=NC=CCC4)cc3)cc(-c3ccccc3-c3ccc(-c4ccccn4)cc3)c2)cc1. The first-order chi connectivity index (χ1) is 31.2. The van der Waals surface area contributed by atoms with E-state index < -0.39 is 0 Å². The highest BCUT2D eigenvalue weighted by Crippen LogP contribution is 2.42. The second kappa shape index (κ2) is 19.2. The number of pyridine rings is 1. The van der Waals surface area contributed by atoms with E-state index in [1.165, 1.54) is 44.5 Å². The summed E-state index contributed by atoms with van der Waals surface area (Å²) in [6, 6.07) is 66.1. The van der Waals surface area contributed by atoms with Crippen LogP contribution in [0.5, 0.6) is 0 Å². The summed E-state index contributed by atoms with van der Waals surface area (Å²) in [7, 11) is 0. The Morgan fingerprint density at radius 3 is 1.38 bits per heavy atom. The van der Waals surface area contributed by atoms with Crippen molar-refractivity contribution in [2.24, 2.45) is 4.99 Å². The fourth-order valence-electron chi connectivity index (χ4n) is 8.45. The lowest BCUT2D eigenvalue weighted by Crippen LogP contribution is -2.02. The Morgan fingerprint density at radius 2 is 0.937 bits per heavy atom. The summed E-state index contributed by atoms with van der Waals surface area (Å²) in [6.45, 7) is 4.04. The van der Waals surface area contributed by atoms with Gasteiger partial charge in [-0.25, -0.2) is 0 Å². The molecule has 0 aliphatic carbocycles. The predicted molar refractivity (Wildman–Crippen MR) is 268 cm³/mol. The Hall–Kier alpha value is -7.90. The van der Waals surface area contributed by atoms with Gasteiger partial charge in [-0.2, -0.15) is 0 Å². The maximum Gasteiger partial charge on any atom is 0.0701 e. The third-order valence-corrected chi connectivity index (χ3v) is 11.6. The van der Waals surface area contributed by atoms with E-state index in [0.29, 0.717) is 0 Å². The fraction of sp³-hybridized carbons (Fsp3) is 0.0656. The fourth-order valence-corrected chi connectivity index (χ4v) is 8.45. The van der Waals surface area contributed by atoms with Gasteiger partial charge in [-0.1, -0.05) is 176 Å². The molecule has 8 aromatic rings. The first-order valence-corrected chi connectivity index (χ1v) is 21.8. The Balaban J connectivity index is 1.18. The van der Waals surface area contributed by atoms with Crippen LogP contribution >= 0.6 is 0 Å². The summed E-state index contributed by atoms with van der Waals surface area (Å²) in [6.07, 6.45) is 18.1. The molecule has 0 spiro atoms. The van der Waals surface area contributed by atoms with Gasteiger partial charge in [0.05, 0.1) is 5.69 Å². The average Bonchev–Trinajstić information content (AvgIpc) is 3.37.